The SMILES string of the molecule is C[C@H](O)[C@@H]1CCCN1CC(N)=NO. The Balaban J connectivity index is 2.49. The van der Waals surface area contributed by atoms with Crippen LogP contribution < -0.4 is 5.73 Å². The summed E-state index contributed by atoms with van der Waals surface area (Å²) < 4.78 is 0. The van der Waals surface area contributed by atoms with E-state index in [2.05, 4.69) is 5.16 Å². The highest BCUT2D eigenvalue weighted by atomic mass is 16.4. The fraction of sp³-hybridized carbons (Fsp3) is 0.875. The molecule has 0 spiro atoms. The van der Waals surface area contributed by atoms with Crippen LogP contribution in [-0.4, -0.2) is 46.3 Å². The van der Waals surface area contributed by atoms with Gasteiger partial charge in [0, 0.05) is 6.04 Å². The average molecular weight is 187 g/mol. The molecule has 5 heteroatoms. The maximum Gasteiger partial charge on any atom is 0.153 e. The Morgan fingerprint density at radius 1 is 1.77 bits per heavy atom. The normalized spacial score (nSPS) is 27.8. The van der Waals surface area contributed by atoms with E-state index in [1.165, 1.54) is 0 Å². The van der Waals surface area contributed by atoms with Gasteiger partial charge < -0.3 is 16.0 Å². The van der Waals surface area contributed by atoms with Crippen LogP contribution in [-0.2, 0) is 0 Å². The molecule has 0 aromatic rings. The third kappa shape index (κ3) is 2.57. The number of nitrogens with two attached hydrogens (primary N) is 1. The molecule has 0 saturated carbocycles. The summed E-state index contributed by atoms with van der Waals surface area (Å²) >= 11 is 0. The van der Waals surface area contributed by atoms with Gasteiger partial charge in [0.15, 0.2) is 5.84 Å². The minimum atomic E-state index is -0.353. The fourth-order valence-electron chi connectivity index (χ4n) is 1.83. The first-order valence-corrected chi connectivity index (χ1v) is 4.53. The van der Waals surface area contributed by atoms with E-state index in [4.69, 9.17) is 10.9 Å². The lowest BCUT2D eigenvalue weighted by atomic mass is 10.1. The monoisotopic (exact) mass is 187 g/mol. The molecule has 1 aliphatic heterocycles. The summed E-state index contributed by atoms with van der Waals surface area (Å²) in [6, 6.07) is 0.153. The smallest absolute Gasteiger partial charge is 0.153 e. The van der Waals surface area contributed by atoms with Crippen LogP contribution in [0.5, 0.6) is 0 Å². The second-order valence-electron chi connectivity index (χ2n) is 3.51. The van der Waals surface area contributed by atoms with Crippen molar-refractivity contribution in [1.29, 1.82) is 0 Å². The predicted octanol–water partition coefficient (Wildman–Crippen LogP) is -0.422. The van der Waals surface area contributed by atoms with Crippen molar-refractivity contribution in [1.82, 2.24) is 4.90 Å². The van der Waals surface area contributed by atoms with Crippen molar-refractivity contribution in [2.75, 3.05) is 13.1 Å². The zero-order valence-electron chi connectivity index (χ0n) is 7.85. The van der Waals surface area contributed by atoms with Gasteiger partial charge in [-0.15, -0.1) is 0 Å². The Bertz CT molecular complexity index is 194. The van der Waals surface area contributed by atoms with E-state index in [-0.39, 0.29) is 18.0 Å². The Morgan fingerprint density at radius 2 is 2.46 bits per heavy atom. The second-order valence-corrected chi connectivity index (χ2v) is 3.51. The molecule has 1 aliphatic rings. The van der Waals surface area contributed by atoms with Crippen molar-refractivity contribution in [3.8, 4) is 0 Å². The van der Waals surface area contributed by atoms with Crippen LogP contribution in [0.25, 0.3) is 0 Å². The van der Waals surface area contributed by atoms with E-state index in [9.17, 15) is 5.11 Å². The van der Waals surface area contributed by atoms with Gasteiger partial charge in [-0.3, -0.25) is 4.90 Å². The van der Waals surface area contributed by atoms with Gasteiger partial charge in [0.1, 0.15) is 0 Å². The third-order valence-corrected chi connectivity index (χ3v) is 2.46. The molecule has 76 valence electrons. The van der Waals surface area contributed by atoms with Crippen LogP contribution in [0.3, 0.4) is 0 Å². The van der Waals surface area contributed by atoms with Gasteiger partial charge in [-0.2, -0.15) is 0 Å². The first-order chi connectivity index (χ1) is 6.15. The first kappa shape index (κ1) is 10.3. The minimum absolute atomic E-state index is 0.153. The molecule has 0 aliphatic carbocycles. The summed E-state index contributed by atoms with van der Waals surface area (Å²) in [4.78, 5) is 2.04. The van der Waals surface area contributed by atoms with Crippen molar-refractivity contribution >= 4 is 5.84 Å². The number of aliphatic hydroxyl groups excluding tert-OH is 1. The number of amidine groups is 1. The molecule has 1 heterocycles. The average Bonchev–Trinajstić information content (AvgIpc) is 2.52. The number of hydrogen-bond donors (Lipinski definition) is 3. The van der Waals surface area contributed by atoms with Crippen molar-refractivity contribution in [3.05, 3.63) is 0 Å². The topological polar surface area (TPSA) is 82.1 Å². The van der Waals surface area contributed by atoms with E-state index in [1.54, 1.807) is 6.92 Å². The van der Waals surface area contributed by atoms with E-state index in [0.29, 0.717) is 6.54 Å². The van der Waals surface area contributed by atoms with Gasteiger partial charge in [0.05, 0.1) is 12.6 Å². The molecule has 0 aromatic carbocycles. The number of oxime groups is 1. The summed E-state index contributed by atoms with van der Waals surface area (Å²) in [7, 11) is 0. The van der Waals surface area contributed by atoms with E-state index in [1.807, 2.05) is 4.90 Å². The molecule has 0 radical (unpaired) electrons. The van der Waals surface area contributed by atoms with E-state index < -0.39 is 0 Å². The zero-order chi connectivity index (χ0) is 9.84. The second kappa shape index (κ2) is 4.43. The Hall–Kier alpha value is -0.810. The molecule has 5 nitrogen and oxygen atoms in total. The van der Waals surface area contributed by atoms with E-state index in [0.717, 1.165) is 19.4 Å². The number of aliphatic hydroxyl groups is 1. The molecule has 0 aromatic heterocycles. The molecule has 2 atom stereocenters. The molecule has 0 unspecified atom stereocenters. The van der Waals surface area contributed by atoms with Crippen LogP contribution >= 0.6 is 0 Å². The molecule has 1 rings (SSSR count). The van der Waals surface area contributed by atoms with Crippen molar-refractivity contribution in [2.24, 2.45) is 10.9 Å². The van der Waals surface area contributed by atoms with Crippen LogP contribution in [0.2, 0.25) is 0 Å². The van der Waals surface area contributed by atoms with Gasteiger partial charge in [0.25, 0.3) is 0 Å². The zero-order valence-corrected chi connectivity index (χ0v) is 7.85. The molecule has 0 bridgehead atoms. The molecule has 4 N–H and O–H groups in total. The summed E-state index contributed by atoms with van der Waals surface area (Å²) in [5.74, 6) is 0.201. The van der Waals surface area contributed by atoms with Gasteiger partial charge in [-0.25, -0.2) is 0 Å². The third-order valence-electron chi connectivity index (χ3n) is 2.46. The predicted molar refractivity (Wildman–Crippen MR) is 49.7 cm³/mol. The van der Waals surface area contributed by atoms with E-state index >= 15 is 0 Å². The summed E-state index contributed by atoms with van der Waals surface area (Å²) in [6.07, 6.45) is 1.69. The highest BCUT2D eigenvalue weighted by molar-refractivity contribution is 5.81. The largest absolute Gasteiger partial charge is 0.409 e. The van der Waals surface area contributed by atoms with Crippen LogP contribution in [0.1, 0.15) is 19.8 Å². The quantitative estimate of drug-likeness (QED) is 0.242. The molecule has 0 amide bonds. The standard InChI is InChI=1S/C8H17N3O2/c1-6(12)7-3-2-4-11(7)5-8(9)10-13/h6-7,12-13H,2-5H2,1H3,(H2,9,10)/t6-,7-/m0/s1. The Labute approximate surface area is 77.8 Å². The first-order valence-electron chi connectivity index (χ1n) is 4.53. The summed E-state index contributed by atoms with van der Waals surface area (Å²) in [6.45, 7) is 3.12. The lowest BCUT2D eigenvalue weighted by Gasteiger charge is -2.25. The molecular weight excluding hydrogens is 170 g/mol. The summed E-state index contributed by atoms with van der Waals surface area (Å²) in [5, 5.41) is 20.7. The van der Waals surface area contributed by atoms with Crippen molar-refractivity contribution < 1.29 is 10.3 Å². The maximum absolute atomic E-state index is 9.42. The van der Waals surface area contributed by atoms with Crippen molar-refractivity contribution in [3.63, 3.8) is 0 Å². The number of likely N-dealkylation sites (tertiary alicyclic amines) is 1. The van der Waals surface area contributed by atoms with Gasteiger partial charge in [-0.05, 0) is 26.3 Å². The minimum Gasteiger partial charge on any atom is -0.409 e. The molecule has 1 saturated heterocycles. The highest BCUT2D eigenvalue weighted by Crippen LogP contribution is 2.19. The Kier molecular flexibility index (Phi) is 3.50. The fourth-order valence-corrected chi connectivity index (χ4v) is 1.83. The summed E-state index contributed by atoms with van der Waals surface area (Å²) in [5.41, 5.74) is 5.39. The Morgan fingerprint density at radius 3 is 3.00 bits per heavy atom. The number of rotatable bonds is 3. The lowest BCUT2D eigenvalue weighted by molar-refractivity contribution is 0.0947. The van der Waals surface area contributed by atoms with Crippen LogP contribution in [0, 0.1) is 0 Å². The maximum atomic E-state index is 9.42. The lowest BCUT2D eigenvalue weighted by Crippen LogP contribution is -2.42. The highest BCUT2D eigenvalue weighted by Gasteiger charge is 2.28. The van der Waals surface area contributed by atoms with Gasteiger partial charge in [0.2, 0.25) is 0 Å². The molecule has 1 fully saturated rings. The van der Waals surface area contributed by atoms with Gasteiger partial charge >= 0.3 is 0 Å². The van der Waals surface area contributed by atoms with Gasteiger partial charge in [-0.1, -0.05) is 5.16 Å². The number of nitrogens with zero attached hydrogens (tertiary/aromatic N) is 2. The van der Waals surface area contributed by atoms with Crippen LogP contribution in [0.4, 0.5) is 0 Å². The van der Waals surface area contributed by atoms with Crippen LogP contribution in [0.15, 0.2) is 5.16 Å². The molecular formula is C8H17N3O2. The number of hydrogen-bond acceptors (Lipinski definition) is 4. The van der Waals surface area contributed by atoms with Crippen molar-refractivity contribution in [2.45, 2.75) is 31.9 Å². The molecule has 13 heavy (non-hydrogen) atoms.